The number of ether oxygens (including phenoxy) is 1. The number of fused-ring (bicyclic) bond motifs is 2. The van der Waals surface area contributed by atoms with E-state index in [4.69, 9.17) is 4.74 Å². The van der Waals surface area contributed by atoms with Crippen molar-refractivity contribution in [2.24, 2.45) is 5.92 Å². The zero-order chi connectivity index (χ0) is 21.8. The molecule has 3 aromatic carbocycles. The summed E-state index contributed by atoms with van der Waals surface area (Å²) in [7, 11) is 0. The Kier molecular flexibility index (Phi) is 4.32. The van der Waals surface area contributed by atoms with Gasteiger partial charge in [0.1, 0.15) is 0 Å². The lowest BCUT2D eigenvalue weighted by atomic mass is 9.59. The second-order valence-electron chi connectivity index (χ2n) is 8.93. The average molecular weight is 425 g/mol. The third-order valence-electron chi connectivity index (χ3n) is 7.13. The smallest absolute Gasteiger partial charge is 0.265 e. The fourth-order valence-corrected chi connectivity index (χ4v) is 5.68. The van der Waals surface area contributed by atoms with Crippen LogP contribution in [0.25, 0.3) is 0 Å². The minimum atomic E-state index is -0.626. The molecule has 4 aliphatic rings. The van der Waals surface area contributed by atoms with E-state index in [0.717, 1.165) is 6.42 Å². The highest BCUT2D eigenvalue weighted by atomic mass is 16.5. The van der Waals surface area contributed by atoms with Crippen molar-refractivity contribution in [3.63, 3.8) is 0 Å². The molecule has 32 heavy (non-hydrogen) atoms. The predicted molar refractivity (Wildman–Crippen MR) is 122 cm³/mol. The largest absolute Gasteiger partial charge is 0.478 e. The van der Waals surface area contributed by atoms with Gasteiger partial charge in [0.2, 0.25) is 0 Å². The molecular formula is C27H24N2O3. The van der Waals surface area contributed by atoms with Crippen LogP contribution in [0.15, 0.2) is 66.7 Å². The van der Waals surface area contributed by atoms with Gasteiger partial charge >= 0.3 is 0 Å². The Morgan fingerprint density at radius 2 is 1.62 bits per heavy atom. The van der Waals surface area contributed by atoms with Crippen LogP contribution >= 0.6 is 0 Å². The first kappa shape index (κ1) is 19.1. The van der Waals surface area contributed by atoms with Gasteiger partial charge in [-0.2, -0.15) is 0 Å². The number of carbonyl (C=O) groups is 2. The van der Waals surface area contributed by atoms with E-state index >= 15 is 0 Å². The SMILES string of the molecule is CC1Oc2c(cccc2C(=O)NCC2CC3c4ccccc4C2c2ccccc23)NC1=O. The lowest BCUT2D eigenvalue weighted by molar-refractivity contribution is -0.122. The van der Waals surface area contributed by atoms with Crippen LogP contribution < -0.4 is 15.4 Å². The molecule has 0 saturated heterocycles. The Morgan fingerprint density at radius 1 is 0.969 bits per heavy atom. The van der Waals surface area contributed by atoms with Gasteiger partial charge in [0.15, 0.2) is 11.9 Å². The molecule has 5 heteroatoms. The minimum Gasteiger partial charge on any atom is -0.478 e. The fraction of sp³-hybridized carbons (Fsp3) is 0.259. The normalized spacial score (nSPS) is 24.5. The minimum absolute atomic E-state index is 0.173. The van der Waals surface area contributed by atoms with Crippen LogP contribution in [0.3, 0.4) is 0 Å². The molecule has 0 fully saturated rings. The number of rotatable bonds is 3. The maximum atomic E-state index is 13.1. The van der Waals surface area contributed by atoms with Crippen LogP contribution in [-0.2, 0) is 4.79 Å². The van der Waals surface area contributed by atoms with Crippen LogP contribution in [0.2, 0.25) is 0 Å². The molecule has 5 nitrogen and oxygen atoms in total. The van der Waals surface area contributed by atoms with Gasteiger partial charge in [0, 0.05) is 18.4 Å². The van der Waals surface area contributed by atoms with Gasteiger partial charge in [-0.3, -0.25) is 9.59 Å². The fourth-order valence-electron chi connectivity index (χ4n) is 5.68. The quantitative estimate of drug-likeness (QED) is 0.654. The number of hydrogen-bond donors (Lipinski definition) is 2. The predicted octanol–water partition coefficient (Wildman–Crippen LogP) is 4.43. The van der Waals surface area contributed by atoms with Gasteiger partial charge in [0.25, 0.3) is 11.8 Å². The topological polar surface area (TPSA) is 67.4 Å². The van der Waals surface area contributed by atoms with Gasteiger partial charge in [-0.15, -0.1) is 0 Å². The number of hydrogen-bond acceptors (Lipinski definition) is 3. The third-order valence-corrected chi connectivity index (χ3v) is 7.13. The summed E-state index contributed by atoms with van der Waals surface area (Å²) >= 11 is 0. The summed E-state index contributed by atoms with van der Waals surface area (Å²) in [6.07, 6.45) is 0.397. The molecular weight excluding hydrogens is 400 g/mol. The lowest BCUT2D eigenvalue weighted by Crippen LogP contribution is -2.40. The molecule has 7 rings (SSSR count). The zero-order valence-electron chi connectivity index (χ0n) is 17.8. The molecule has 1 aliphatic heterocycles. The van der Waals surface area contributed by atoms with Crippen LogP contribution in [0.1, 0.15) is 57.8 Å². The molecule has 0 saturated carbocycles. The van der Waals surface area contributed by atoms with Crippen molar-refractivity contribution >= 4 is 17.5 Å². The zero-order valence-corrected chi connectivity index (χ0v) is 17.8. The highest BCUT2D eigenvalue weighted by Gasteiger charge is 2.43. The van der Waals surface area contributed by atoms with Gasteiger partial charge in [-0.25, -0.2) is 0 Å². The number of para-hydroxylation sites is 1. The molecule has 2 N–H and O–H groups in total. The van der Waals surface area contributed by atoms with E-state index in [1.165, 1.54) is 22.3 Å². The summed E-state index contributed by atoms with van der Waals surface area (Å²) in [5.41, 5.74) is 6.62. The van der Waals surface area contributed by atoms with E-state index < -0.39 is 6.10 Å². The van der Waals surface area contributed by atoms with E-state index in [-0.39, 0.29) is 17.7 Å². The summed E-state index contributed by atoms with van der Waals surface area (Å²) < 4.78 is 5.76. The molecule has 3 aromatic rings. The summed E-state index contributed by atoms with van der Waals surface area (Å²) in [5, 5.41) is 5.97. The molecule has 0 radical (unpaired) electrons. The first-order valence-corrected chi connectivity index (χ1v) is 11.2. The average Bonchev–Trinajstić information content (AvgIpc) is 2.83. The van der Waals surface area contributed by atoms with Crippen molar-refractivity contribution in [1.29, 1.82) is 0 Å². The lowest BCUT2D eigenvalue weighted by Gasteiger charge is -2.45. The van der Waals surface area contributed by atoms with Crippen LogP contribution in [0.4, 0.5) is 5.69 Å². The van der Waals surface area contributed by atoms with Crippen LogP contribution in [0.5, 0.6) is 5.75 Å². The summed E-state index contributed by atoms with van der Waals surface area (Å²) in [5.74, 6) is 1.05. The maximum Gasteiger partial charge on any atom is 0.265 e. The van der Waals surface area contributed by atoms with E-state index in [1.807, 2.05) is 0 Å². The Hall–Kier alpha value is -3.60. The summed E-state index contributed by atoms with van der Waals surface area (Å²) in [6, 6.07) is 22.7. The highest BCUT2D eigenvalue weighted by molar-refractivity contribution is 6.04. The van der Waals surface area contributed by atoms with Crippen molar-refractivity contribution in [3.8, 4) is 5.75 Å². The second kappa shape index (κ2) is 7.23. The Bertz CT molecular complexity index is 1200. The molecule has 0 aromatic heterocycles. The van der Waals surface area contributed by atoms with Crippen molar-refractivity contribution in [2.75, 3.05) is 11.9 Å². The molecule has 2 bridgehead atoms. The third kappa shape index (κ3) is 2.84. The standard InChI is InChI=1S/C27H24N2O3/c1-15-26(30)29-23-12-6-11-21(25(23)32-15)27(31)28-14-16-13-22-17-7-2-4-9-19(17)24(16)20-10-5-3-8-18(20)22/h2-12,15-16,22,24H,13-14H2,1H3,(H,28,31)(H,29,30). The molecule has 160 valence electrons. The Balaban J connectivity index is 1.27. The molecule has 3 aliphatic carbocycles. The van der Waals surface area contributed by atoms with Crippen LogP contribution in [-0.4, -0.2) is 24.5 Å². The van der Waals surface area contributed by atoms with E-state index in [2.05, 4.69) is 59.2 Å². The van der Waals surface area contributed by atoms with E-state index in [0.29, 0.717) is 35.4 Å². The highest BCUT2D eigenvalue weighted by Crippen LogP contribution is 2.55. The number of nitrogens with one attached hydrogen (secondary N) is 2. The number of anilines is 1. The first-order chi connectivity index (χ1) is 15.6. The van der Waals surface area contributed by atoms with Crippen molar-refractivity contribution in [3.05, 3.63) is 94.5 Å². The van der Waals surface area contributed by atoms with E-state index in [1.54, 1.807) is 25.1 Å². The van der Waals surface area contributed by atoms with Crippen molar-refractivity contribution in [2.45, 2.75) is 31.3 Å². The second-order valence-corrected chi connectivity index (χ2v) is 8.93. The van der Waals surface area contributed by atoms with Crippen molar-refractivity contribution < 1.29 is 14.3 Å². The van der Waals surface area contributed by atoms with Crippen molar-refractivity contribution in [1.82, 2.24) is 5.32 Å². The van der Waals surface area contributed by atoms with Gasteiger partial charge in [0.05, 0.1) is 11.3 Å². The maximum absolute atomic E-state index is 13.1. The number of amides is 2. The molecule has 0 spiro atoms. The van der Waals surface area contributed by atoms with Gasteiger partial charge < -0.3 is 15.4 Å². The van der Waals surface area contributed by atoms with Gasteiger partial charge in [-0.1, -0.05) is 54.6 Å². The number of benzene rings is 3. The molecule has 2 atom stereocenters. The Morgan fingerprint density at radius 3 is 2.31 bits per heavy atom. The first-order valence-electron chi connectivity index (χ1n) is 11.2. The van der Waals surface area contributed by atoms with Gasteiger partial charge in [-0.05, 0) is 53.6 Å². The molecule has 2 unspecified atom stereocenters. The van der Waals surface area contributed by atoms with Crippen LogP contribution in [0, 0.1) is 5.92 Å². The molecule has 1 heterocycles. The summed E-state index contributed by atoms with van der Waals surface area (Å²) in [4.78, 5) is 25.0. The Labute approximate surface area is 186 Å². The number of carbonyl (C=O) groups excluding carboxylic acids is 2. The molecule has 2 amide bonds. The van der Waals surface area contributed by atoms with E-state index in [9.17, 15) is 9.59 Å². The monoisotopic (exact) mass is 424 g/mol. The summed E-state index contributed by atoms with van der Waals surface area (Å²) in [6.45, 7) is 2.27.